The summed E-state index contributed by atoms with van der Waals surface area (Å²) in [5.41, 5.74) is 0. The molecule has 0 spiro atoms. The van der Waals surface area contributed by atoms with Crippen molar-refractivity contribution in [1.82, 2.24) is 9.80 Å². The molecule has 0 bridgehead atoms. The van der Waals surface area contributed by atoms with Gasteiger partial charge in [-0.05, 0) is 13.8 Å². The summed E-state index contributed by atoms with van der Waals surface area (Å²) < 4.78 is 0. The largest absolute Gasteiger partial charge is 0.512 e. The van der Waals surface area contributed by atoms with E-state index >= 15 is 0 Å². The Kier molecular flexibility index (Phi) is 4.88. The SMILES string of the molecule is CC(=O)CC(=O)N1CCN(C(=O)/C=C(/C)O)CC1. The molecule has 1 saturated heterocycles. The molecule has 0 saturated carbocycles. The fourth-order valence-corrected chi connectivity index (χ4v) is 1.77. The van der Waals surface area contributed by atoms with Crippen molar-refractivity contribution >= 4 is 17.6 Å². The lowest BCUT2D eigenvalue weighted by Crippen LogP contribution is -2.50. The number of rotatable bonds is 3. The predicted octanol–water partition coefficient (Wildman–Crippen LogP) is 0.0981. The van der Waals surface area contributed by atoms with Gasteiger partial charge in [-0.15, -0.1) is 0 Å². The van der Waals surface area contributed by atoms with Crippen molar-refractivity contribution in [2.24, 2.45) is 0 Å². The molecule has 1 fully saturated rings. The second kappa shape index (κ2) is 6.18. The van der Waals surface area contributed by atoms with Crippen molar-refractivity contribution in [2.45, 2.75) is 20.3 Å². The van der Waals surface area contributed by atoms with E-state index in [2.05, 4.69) is 0 Å². The number of aliphatic hydroxyl groups excluding tert-OH is 1. The van der Waals surface area contributed by atoms with E-state index in [0.29, 0.717) is 26.2 Å². The average Bonchev–Trinajstić information content (AvgIpc) is 2.27. The Morgan fingerprint density at radius 3 is 2.00 bits per heavy atom. The summed E-state index contributed by atoms with van der Waals surface area (Å²) in [5, 5.41) is 9.00. The minimum Gasteiger partial charge on any atom is -0.512 e. The zero-order valence-electron chi connectivity index (χ0n) is 10.7. The fraction of sp³-hybridized carbons (Fsp3) is 0.583. The highest BCUT2D eigenvalue weighted by atomic mass is 16.3. The van der Waals surface area contributed by atoms with Gasteiger partial charge >= 0.3 is 0 Å². The third-order valence-corrected chi connectivity index (χ3v) is 2.68. The van der Waals surface area contributed by atoms with Gasteiger partial charge in [0.15, 0.2) is 0 Å². The lowest BCUT2D eigenvalue weighted by Gasteiger charge is -2.34. The molecule has 6 nitrogen and oxygen atoms in total. The molecule has 1 N–H and O–H groups in total. The Labute approximate surface area is 106 Å². The van der Waals surface area contributed by atoms with E-state index in [0.717, 1.165) is 6.08 Å². The molecule has 2 amide bonds. The monoisotopic (exact) mass is 254 g/mol. The second-order valence-corrected chi connectivity index (χ2v) is 4.37. The van der Waals surface area contributed by atoms with Crippen molar-refractivity contribution in [3.05, 3.63) is 11.8 Å². The molecule has 0 aromatic carbocycles. The van der Waals surface area contributed by atoms with Crippen LogP contribution in [0, 0.1) is 0 Å². The number of carbonyl (C=O) groups is 3. The van der Waals surface area contributed by atoms with E-state index < -0.39 is 0 Å². The molecule has 1 heterocycles. The van der Waals surface area contributed by atoms with E-state index in [1.165, 1.54) is 13.8 Å². The molecule has 100 valence electrons. The van der Waals surface area contributed by atoms with Gasteiger partial charge in [0.25, 0.3) is 0 Å². The Balaban J connectivity index is 2.46. The quantitative estimate of drug-likeness (QED) is 0.440. The van der Waals surface area contributed by atoms with Crippen molar-refractivity contribution in [2.75, 3.05) is 26.2 Å². The average molecular weight is 254 g/mol. The van der Waals surface area contributed by atoms with Gasteiger partial charge in [0, 0.05) is 32.3 Å². The first-order valence-electron chi connectivity index (χ1n) is 5.83. The smallest absolute Gasteiger partial charge is 0.250 e. The van der Waals surface area contributed by atoms with Crippen LogP contribution in [0.4, 0.5) is 0 Å². The van der Waals surface area contributed by atoms with Crippen LogP contribution in [0.5, 0.6) is 0 Å². The van der Waals surface area contributed by atoms with Crippen LogP contribution in [0.1, 0.15) is 20.3 Å². The van der Waals surface area contributed by atoms with E-state index in [-0.39, 0.29) is 29.8 Å². The first-order valence-corrected chi connectivity index (χ1v) is 5.83. The van der Waals surface area contributed by atoms with E-state index in [1.807, 2.05) is 0 Å². The third kappa shape index (κ3) is 4.20. The molecule has 0 radical (unpaired) electrons. The summed E-state index contributed by atoms with van der Waals surface area (Å²) in [7, 11) is 0. The molecule has 1 rings (SSSR count). The number of ketones is 1. The predicted molar refractivity (Wildman–Crippen MR) is 64.8 cm³/mol. The van der Waals surface area contributed by atoms with E-state index in [4.69, 9.17) is 5.11 Å². The molecule has 0 aliphatic carbocycles. The first kappa shape index (κ1) is 14.2. The van der Waals surface area contributed by atoms with Gasteiger partial charge in [0.1, 0.15) is 5.78 Å². The molecule has 0 atom stereocenters. The molecular formula is C12H18N2O4. The molecule has 18 heavy (non-hydrogen) atoms. The van der Waals surface area contributed by atoms with Crippen LogP contribution in [-0.2, 0) is 14.4 Å². The zero-order valence-corrected chi connectivity index (χ0v) is 10.7. The third-order valence-electron chi connectivity index (χ3n) is 2.68. The maximum atomic E-state index is 11.6. The Morgan fingerprint density at radius 1 is 1.06 bits per heavy atom. The van der Waals surface area contributed by atoms with Gasteiger partial charge in [-0.25, -0.2) is 0 Å². The number of aliphatic hydroxyl groups is 1. The van der Waals surface area contributed by atoms with Crippen LogP contribution in [-0.4, -0.2) is 58.7 Å². The molecule has 1 aliphatic rings. The molecule has 1 aliphatic heterocycles. The molecule has 6 heteroatoms. The van der Waals surface area contributed by atoms with E-state index in [1.54, 1.807) is 9.80 Å². The Bertz CT molecular complexity index is 378. The Hall–Kier alpha value is -1.85. The van der Waals surface area contributed by atoms with Gasteiger partial charge in [-0.2, -0.15) is 0 Å². The molecular weight excluding hydrogens is 236 g/mol. The number of hydrogen-bond donors (Lipinski definition) is 1. The van der Waals surface area contributed by atoms with Crippen LogP contribution in [0.25, 0.3) is 0 Å². The number of carbonyl (C=O) groups excluding carboxylic acids is 3. The zero-order chi connectivity index (χ0) is 13.7. The highest BCUT2D eigenvalue weighted by molar-refractivity contribution is 5.97. The minimum atomic E-state index is -0.256. The Morgan fingerprint density at radius 2 is 1.56 bits per heavy atom. The normalized spacial score (nSPS) is 16.7. The van der Waals surface area contributed by atoms with E-state index in [9.17, 15) is 14.4 Å². The molecule has 0 aromatic rings. The summed E-state index contributed by atoms with van der Waals surface area (Å²) in [6.45, 7) is 4.52. The van der Waals surface area contributed by atoms with Gasteiger partial charge in [0.05, 0.1) is 12.2 Å². The molecule has 0 aromatic heterocycles. The number of hydrogen-bond acceptors (Lipinski definition) is 4. The summed E-state index contributed by atoms with van der Waals surface area (Å²) in [6, 6.07) is 0. The van der Waals surface area contributed by atoms with Crippen molar-refractivity contribution < 1.29 is 19.5 Å². The summed E-state index contributed by atoms with van der Waals surface area (Å²) in [6.07, 6.45) is 1.08. The summed E-state index contributed by atoms with van der Waals surface area (Å²) in [5.74, 6) is -0.635. The van der Waals surface area contributed by atoms with Crippen molar-refractivity contribution in [3.8, 4) is 0 Å². The lowest BCUT2D eigenvalue weighted by molar-refractivity contribution is -0.139. The van der Waals surface area contributed by atoms with Gasteiger partial charge < -0.3 is 14.9 Å². The summed E-state index contributed by atoms with van der Waals surface area (Å²) in [4.78, 5) is 37.2. The van der Waals surface area contributed by atoms with Gasteiger partial charge in [-0.3, -0.25) is 14.4 Å². The number of nitrogens with zero attached hydrogens (tertiary/aromatic N) is 2. The van der Waals surface area contributed by atoms with Crippen LogP contribution >= 0.6 is 0 Å². The first-order chi connectivity index (χ1) is 8.40. The standard InChI is InChI=1S/C12H18N2O4/c1-9(15)7-11(17)13-3-5-14(6-4-13)12(18)8-10(2)16/h7,15H,3-6,8H2,1-2H3/b9-7-. The van der Waals surface area contributed by atoms with Crippen LogP contribution in [0.2, 0.25) is 0 Å². The topological polar surface area (TPSA) is 77.9 Å². The number of Topliss-reactive ketones (excluding diaryl/α,β-unsaturated/α-hetero) is 1. The maximum Gasteiger partial charge on any atom is 0.250 e. The number of amides is 2. The fourth-order valence-electron chi connectivity index (χ4n) is 1.77. The lowest BCUT2D eigenvalue weighted by atomic mass is 10.2. The maximum absolute atomic E-state index is 11.6. The van der Waals surface area contributed by atoms with Crippen molar-refractivity contribution in [1.29, 1.82) is 0 Å². The number of allylic oxidation sites excluding steroid dienone is 1. The second-order valence-electron chi connectivity index (χ2n) is 4.37. The minimum absolute atomic E-state index is 0.0323. The highest BCUT2D eigenvalue weighted by Gasteiger charge is 2.23. The highest BCUT2D eigenvalue weighted by Crippen LogP contribution is 2.05. The van der Waals surface area contributed by atoms with Gasteiger partial charge in [-0.1, -0.05) is 0 Å². The summed E-state index contributed by atoms with van der Waals surface area (Å²) >= 11 is 0. The number of piperazine rings is 1. The van der Waals surface area contributed by atoms with Gasteiger partial charge in [0.2, 0.25) is 11.8 Å². The van der Waals surface area contributed by atoms with Crippen LogP contribution in [0.3, 0.4) is 0 Å². The molecule has 0 unspecified atom stereocenters. The van der Waals surface area contributed by atoms with Crippen LogP contribution in [0.15, 0.2) is 11.8 Å². The van der Waals surface area contributed by atoms with Crippen molar-refractivity contribution in [3.63, 3.8) is 0 Å². The van der Waals surface area contributed by atoms with Crippen LogP contribution < -0.4 is 0 Å².